The Morgan fingerprint density at radius 3 is 2.66 bits per heavy atom. The predicted octanol–water partition coefficient (Wildman–Crippen LogP) is 7.86. The molecule has 1 saturated heterocycles. The van der Waals surface area contributed by atoms with E-state index in [1.54, 1.807) is 13.0 Å². The topological polar surface area (TPSA) is 77.7 Å². The Kier molecular flexibility index (Phi) is 7.69. The third-order valence-corrected chi connectivity index (χ3v) is 8.78. The summed E-state index contributed by atoms with van der Waals surface area (Å²) >= 11 is 7.80. The van der Waals surface area contributed by atoms with Gasteiger partial charge in [0.05, 0.1) is 45.7 Å². The summed E-state index contributed by atoms with van der Waals surface area (Å²) in [6.45, 7) is 3.61. The number of anilines is 1. The van der Waals surface area contributed by atoms with Gasteiger partial charge in [-0.25, -0.2) is 9.78 Å². The second-order valence-corrected chi connectivity index (χ2v) is 11.6. The third kappa shape index (κ3) is 5.80. The van der Waals surface area contributed by atoms with Crippen molar-refractivity contribution in [3.05, 3.63) is 63.9 Å². The van der Waals surface area contributed by atoms with E-state index in [0.717, 1.165) is 47.1 Å². The van der Waals surface area contributed by atoms with Gasteiger partial charge in [-0.15, -0.1) is 0 Å². The quantitative estimate of drug-likeness (QED) is 0.189. The highest BCUT2D eigenvalue weighted by atomic mass is 35.5. The van der Waals surface area contributed by atoms with Crippen molar-refractivity contribution in [2.45, 2.75) is 57.4 Å². The molecule has 0 radical (unpaired) electrons. The van der Waals surface area contributed by atoms with Crippen LogP contribution in [0.15, 0.2) is 40.9 Å². The minimum atomic E-state index is -4.59. The zero-order chi connectivity index (χ0) is 28.7. The summed E-state index contributed by atoms with van der Waals surface area (Å²) in [5.74, 6) is 0.367. The number of halogens is 4. The minimum Gasteiger partial charge on any atom is -0.462 e. The highest BCUT2D eigenvalue weighted by Gasteiger charge is 2.39. The van der Waals surface area contributed by atoms with Crippen molar-refractivity contribution in [2.75, 3.05) is 24.6 Å². The summed E-state index contributed by atoms with van der Waals surface area (Å²) in [6.07, 6.45) is -1.42. The number of carbonyl (C=O) groups excluding carboxylic acids is 1. The number of esters is 1. The lowest BCUT2D eigenvalue weighted by atomic mass is 9.99. The molecule has 0 atom stereocenters. The molecule has 1 saturated carbocycles. The first-order chi connectivity index (χ1) is 19.7. The number of fused-ring (bicyclic) bond motifs is 1. The third-order valence-electron chi connectivity index (χ3n) is 7.39. The molecule has 2 aromatic carbocycles. The molecular formula is C29H27ClF3N3O4S. The Balaban J connectivity index is 1.15. The highest BCUT2D eigenvalue weighted by molar-refractivity contribution is 7.22. The van der Waals surface area contributed by atoms with Gasteiger partial charge < -0.3 is 18.9 Å². The molecule has 41 heavy (non-hydrogen) atoms. The van der Waals surface area contributed by atoms with Crippen LogP contribution in [0.25, 0.3) is 21.5 Å². The van der Waals surface area contributed by atoms with Gasteiger partial charge in [0.25, 0.3) is 0 Å². The first-order valence-electron chi connectivity index (χ1n) is 13.5. The van der Waals surface area contributed by atoms with E-state index in [2.05, 4.69) is 10.1 Å². The summed E-state index contributed by atoms with van der Waals surface area (Å²) < 4.78 is 59.4. The number of carbonyl (C=O) groups is 1. The van der Waals surface area contributed by atoms with Crippen LogP contribution >= 0.6 is 22.9 Å². The number of rotatable bonds is 8. The minimum absolute atomic E-state index is 0.0322. The van der Waals surface area contributed by atoms with Gasteiger partial charge in [0.1, 0.15) is 11.5 Å². The molecular weight excluding hydrogens is 579 g/mol. The van der Waals surface area contributed by atoms with E-state index in [-0.39, 0.29) is 40.9 Å². The van der Waals surface area contributed by atoms with Gasteiger partial charge in [-0.2, -0.15) is 13.2 Å². The molecule has 216 valence electrons. The molecule has 2 aliphatic rings. The number of nitrogens with zero attached hydrogens (tertiary/aromatic N) is 3. The van der Waals surface area contributed by atoms with Crippen LogP contribution in [0.3, 0.4) is 0 Å². The van der Waals surface area contributed by atoms with Crippen LogP contribution in [0.4, 0.5) is 18.3 Å². The monoisotopic (exact) mass is 605 g/mol. The smallest absolute Gasteiger partial charge is 0.417 e. The number of thiazole rings is 1. The summed E-state index contributed by atoms with van der Waals surface area (Å²) in [4.78, 5) is 19.0. The number of piperidine rings is 1. The SMILES string of the molecule is CCOC(=O)c1ccc2nc(N3CCC(OCc4c(-c5c(Cl)cccc5C(F)(F)F)noc4C4CC4)CC3)sc2c1. The highest BCUT2D eigenvalue weighted by Crippen LogP contribution is 2.47. The molecule has 4 aromatic rings. The number of hydrogen-bond donors (Lipinski definition) is 0. The molecule has 2 aromatic heterocycles. The standard InChI is InChI=1S/C29H27ClF3N3O4S/c1-2-38-27(37)17-8-9-22-23(14-17)41-28(34-22)36-12-10-18(11-13-36)39-15-19-25(35-40-26(19)16-6-7-16)24-20(29(31,32)33)4-3-5-21(24)30/h3-5,8-9,14,16,18H,2,6-7,10-13,15H2,1H3. The van der Waals surface area contributed by atoms with Crippen molar-refractivity contribution in [1.29, 1.82) is 0 Å². The van der Waals surface area contributed by atoms with E-state index in [0.29, 0.717) is 36.6 Å². The molecule has 1 aliphatic carbocycles. The average molecular weight is 606 g/mol. The number of alkyl halides is 3. The van der Waals surface area contributed by atoms with Crippen molar-refractivity contribution in [3.8, 4) is 11.3 Å². The molecule has 0 unspecified atom stereocenters. The molecule has 0 amide bonds. The first kappa shape index (κ1) is 28.0. The van der Waals surface area contributed by atoms with Crippen LogP contribution in [0, 0.1) is 0 Å². The average Bonchev–Trinajstić information content (AvgIpc) is 3.57. The van der Waals surface area contributed by atoms with E-state index in [1.165, 1.54) is 23.5 Å². The molecule has 6 rings (SSSR count). The Labute approximate surface area is 243 Å². The zero-order valence-electron chi connectivity index (χ0n) is 22.2. The lowest BCUT2D eigenvalue weighted by molar-refractivity contribution is -0.137. The lowest BCUT2D eigenvalue weighted by Crippen LogP contribution is -2.37. The van der Waals surface area contributed by atoms with Crippen molar-refractivity contribution in [2.24, 2.45) is 0 Å². The molecule has 0 spiro atoms. The van der Waals surface area contributed by atoms with Crippen LogP contribution in [0.5, 0.6) is 0 Å². The second-order valence-electron chi connectivity index (χ2n) is 10.2. The Morgan fingerprint density at radius 1 is 1.17 bits per heavy atom. The maximum atomic E-state index is 13.9. The van der Waals surface area contributed by atoms with Gasteiger partial charge in [-0.3, -0.25) is 0 Å². The summed E-state index contributed by atoms with van der Waals surface area (Å²) in [7, 11) is 0. The maximum Gasteiger partial charge on any atom is 0.417 e. The fraction of sp³-hybridized carbons (Fsp3) is 0.414. The van der Waals surface area contributed by atoms with Crippen molar-refractivity contribution in [3.63, 3.8) is 0 Å². The molecule has 12 heteroatoms. The number of benzene rings is 2. The lowest BCUT2D eigenvalue weighted by Gasteiger charge is -2.31. The van der Waals surface area contributed by atoms with E-state index in [1.807, 2.05) is 12.1 Å². The van der Waals surface area contributed by atoms with Crippen LogP contribution in [0.2, 0.25) is 5.02 Å². The summed E-state index contributed by atoms with van der Waals surface area (Å²) in [6, 6.07) is 9.07. The molecule has 3 heterocycles. The van der Waals surface area contributed by atoms with Gasteiger partial charge in [0, 0.05) is 30.1 Å². The second kappa shape index (κ2) is 11.3. The van der Waals surface area contributed by atoms with Crippen LogP contribution in [-0.4, -0.2) is 41.9 Å². The van der Waals surface area contributed by atoms with Gasteiger partial charge in [-0.1, -0.05) is 34.2 Å². The fourth-order valence-corrected chi connectivity index (χ4v) is 6.45. The number of hydrogen-bond acceptors (Lipinski definition) is 8. The molecule has 7 nitrogen and oxygen atoms in total. The summed E-state index contributed by atoms with van der Waals surface area (Å²) in [5, 5.41) is 4.90. The van der Waals surface area contributed by atoms with Gasteiger partial charge in [0.2, 0.25) is 0 Å². The van der Waals surface area contributed by atoms with E-state index < -0.39 is 11.7 Å². The normalized spacial score (nSPS) is 16.5. The molecule has 0 bridgehead atoms. The van der Waals surface area contributed by atoms with E-state index in [9.17, 15) is 18.0 Å². The molecule has 0 N–H and O–H groups in total. The van der Waals surface area contributed by atoms with Crippen LogP contribution in [-0.2, 0) is 22.3 Å². The van der Waals surface area contributed by atoms with Crippen LogP contribution < -0.4 is 4.90 Å². The van der Waals surface area contributed by atoms with Gasteiger partial charge in [-0.05, 0) is 62.9 Å². The van der Waals surface area contributed by atoms with E-state index >= 15 is 0 Å². The molecule has 1 aliphatic heterocycles. The number of ether oxygens (including phenoxy) is 2. The van der Waals surface area contributed by atoms with Gasteiger partial charge >= 0.3 is 12.1 Å². The Hall–Kier alpha value is -3.15. The number of aromatic nitrogens is 2. The zero-order valence-corrected chi connectivity index (χ0v) is 23.7. The van der Waals surface area contributed by atoms with Crippen LogP contribution in [0.1, 0.15) is 65.8 Å². The maximum absolute atomic E-state index is 13.9. The van der Waals surface area contributed by atoms with Crippen molar-refractivity contribution < 1.29 is 32.0 Å². The largest absolute Gasteiger partial charge is 0.462 e. The Bertz CT molecular complexity index is 1580. The fourth-order valence-electron chi connectivity index (χ4n) is 5.13. The predicted molar refractivity (Wildman–Crippen MR) is 150 cm³/mol. The van der Waals surface area contributed by atoms with Crippen molar-refractivity contribution in [1.82, 2.24) is 10.1 Å². The summed E-state index contributed by atoms with van der Waals surface area (Å²) in [5.41, 5.74) is 0.936. The first-order valence-corrected chi connectivity index (χ1v) is 14.7. The van der Waals surface area contributed by atoms with Crippen molar-refractivity contribution >= 4 is 44.3 Å². The van der Waals surface area contributed by atoms with Gasteiger partial charge in [0.15, 0.2) is 5.13 Å². The molecule has 2 fully saturated rings. The Morgan fingerprint density at radius 2 is 1.95 bits per heavy atom. The van der Waals surface area contributed by atoms with E-state index in [4.69, 9.17) is 30.6 Å².